The van der Waals surface area contributed by atoms with Crippen LogP contribution in [0.15, 0.2) is 54.9 Å². The lowest BCUT2D eigenvalue weighted by Gasteiger charge is -2.34. The smallest absolute Gasteiger partial charge is 0.222 e. The van der Waals surface area contributed by atoms with Crippen molar-refractivity contribution in [3.8, 4) is 11.1 Å². The molecule has 2 aromatic heterocycles. The first-order chi connectivity index (χ1) is 21.4. The third-order valence-corrected chi connectivity index (χ3v) is 8.58. The van der Waals surface area contributed by atoms with Gasteiger partial charge >= 0.3 is 0 Å². The summed E-state index contributed by atoms with van der Waals surface area (Å²) in [5.74, 6) is 0.670. The number of rotatable bonds is 13. The maximum absolute atomic E-state index is 15.0. The first-order valence-corrected chi connectivity index (χ1v) is 15.7. The van der Waals surface area contributed by atoms with E-state index in [1.807, 2.05) is 11.0 Å². The molecule has 1 aliphatic heterocycles. The number of benzene rings is 2. The fourth-order valence-electron chi connectivity index (χ4n) is 6.38. The number of aliphatic hydroxyl groups is 1. The molecule has 2 aromatic carbocycles. The van der Waals surface area contributed by atoms with Crippen molar-refractivity contribution in [2.24, 2.45) is 0 Å². The van der Waals surface area contributed by atoms with Gasteiger partial charge in [0.25, 0.3) is 0 Å². The minimum atomic E-state index is -0.468. The molecule has 9 heteroatoms. The maximum atomic E-state index is 15.0. The lowest BCUT2D eigenvalue weighted by atomic mass is 9.91. The van der Waals surface area contributed by atoms with E-state index in [9.17, 15) is 9.90 Å². The van der Waals surface area contributed by atoms with Crippen molar-refractivity contribution in [2.45, 2.75) is 70.9 Å². The molecule has 234 valence electrons. The van der Waals surface area contributed by atoms with Gasteiger partial charge in [-0.05, 0) is 68.7 Å². The van der Waals surface area contributed by atoms with Crippen LogP contribution in [0, 0.1) is 12.7 Å². The van der Waals surface area contributed by atoms with Crippen LogP contribution in [0.3, 0.4) is 0 Å². The topological polar surface area (TPSA) is 92.5 Å². The lowest BCUT2D eigenvalue weighted by molar-refractivity contribution is -0.132. The van der Waals surface area contributed by atoms with Crippen molar-refractivity contribution in [3.05, 3.63) is 77.5 Å². The highest BCUT2D eigenvalue weighted by Gasteiger charge is 2.29. The highest BCUT2D eigenvalue weighted by Crippen LogP contribution is 2.37. The fraction of sp³-hybridized carbons (Fsp3) is 0.457. The van der Waals surface area contributed by atoms with Crippen LogP contribution in [0.4, 0.5) is 10.3 Å². The maximum Gasteiger partial charge on any atom is 0.222 e. The number of ether oxygens (including phenoxy) is 1. The second-order valence-corrected chi connectivity index (χ2v) is 11.9. The average Bonchev–Trinajstić information content (AvgIpc) is 3.33. The molecule has 2 N–H and O–H groups in total. The summed E-state index contributed by atoms with van der Waals surface area (Å²) < 4.78 is 22.5. The van der Waals surface area contributed by atoms with Gasteiger partial charge in [-0.25, -0.2) is 14.4 Å². The average molecular weight is 602 g/mol. The molecular formula is C35H44FN5O3. The van der Waals surface area contributed by atoms with Crippen molar-refractivity contribution in [3.63, 3.8) is 0 Å². The third-order valence-electron chi connectivity index (χ3n) is 8.58. The van der Waals surface area contributed by atoms with Crippen LogP contribution >= 0.6 is 0 Å². The van der Waals surface area contributed by atoms with E-state index in [4.69, 9.17) is 4.74 Å². The van der Waals surface area contributed by atoms with Gasteiger partial charge in [-0.1, -0.05) is 36.4 Å². The summed E-state index contributed by atoms with van der Waals surface area (Å²) >= 11 is 0. The second-order valence-electron chi connectivity index (χ2n) is 11.9. The Kier molecular flexibility index (Phi) is 10.6. The Morgan fingerprint density at radius 1 is 1.14 bits per heavy atom. The van der Waals surface area contributed by atoms with Gasteiger partial charge in [0.15, 0.2) is 0 Å². The summed E-state index contributed by atoms with van der Waals surface area (Å²) in [6.07, 6.45) is 7.94. The van der Waals surface area contributed by atoms with Crippen LogP contribution in [0.2, 0.25) is 0 Å². The number of aliphatic hydroxyl groups excluding tert-OH is 1. The van der Waals surface area contributed by atoms with Crippen LogP contribution in [0.1, 0.15) is 61.8 Å². The number of nitrogens with zero attached hydrogens (tertiary/aromatic N) is 4. The van der Waals surface area contributed by atoms with E-state index in [-0.39, 0.29) is 17.6 Å². The molecule has 44 heavy (non-hydrogen) atoms. The first kappa shape index (κ1) is 31.6. The van der Waals surface area contributed by atoms with Crippen LogP contribution in [0.5, 0.6) is 0 Å². The Morgan fingerprint density at radius 2 is 1.91 bits per heavy atom. The zero-order chi connectivity index (χ0) is 31.1. The van der Waals surface area contributed by atoms with E-state index in [0.717, 1.165) is 66.4 Å². The van der Waals surface area contributed by atoms with Crippen molar-refractivity contribution in [1.82, 2.24) is 19.4 Å². The summed E-state index contributed by atoms with van der Waals surface area (Å²) in [4.78, 5) is 24.0. The lowest BCUT2D eigenvalue weighted by Crippen LogP contribution is -2.39. The van der Waals surface area contributed by atoms with Gasteiger partial charge in [0.05, 0.1) is 11.6 Å². The zero-order valence-electron chi connectivity index (χ0n) is 26.1. The van der Waals surface area contributed by atoms with Crippen LogP contribution in [0.25, 0.3) is 22.0 Å². The number of anilines is 1. The molecule has 1 fully saturated rings. The summed E-state index contributed by atoms with van der Waals surface area (Å²) in [5.41, 5.74) is 6.09. The van der Waals surface area contributed by atoms with Gasteiger partial charge < -0.3 is 24.6 Å². The number of fused-ring (bicyclic) bond motifs is 1. The molecule has 0 bridgehead atoms. The molecule has 1 saturated heterocycles. The number of likely N-dealkylation sites (tertiary alicyclic amines) is 1. The molecule has 8 nitrogen and oxygen atoms in total. The van der Waals surface area contributed by atoms with E-state index < -0.39 is 6.10 Å². The predicted molar refractivity (Wildman–Crippen MR) is 172 cm³/mol. The normalized spacial score (nSPS) is 15.9. The Morgan fingerprint density at radius 3 is 2.64 bits per heavy atom. The molecule has 0 aliphatic carbocycles. The summed E-state index contributed by atoms with van der Waals surface area (Å²) in [7, 11) is 1.69. The van der Waals surface area contributed by atoms with Crippen molar-refractivity contribution in [2.75, 3.05) is 38.7 Å². The van der Waals surface area contributed by atoms with Gasteiger partial charge in [-0.2, -0.15) is 0 Å². The SMILES string of the molecule is COCCCn1c(C2CCCN(C(=O)CCCc3ccc(-c4cnc(NCC(C)O)nc4)cc3)C2)c(C)c2cccc(F)c21. The largest absolute Gasteiger partial charge is 0.392 e. The first-order valence-electron chi connectivity index (χ1n) is 15.7. The number of hydrogen-bond donors (Lipinski definition) is 2. The number of amides is 1. The number of aromatic nitrogens is 3. The Hall–Kier alpha value is -3.82. The van der Waals surface area contributed by atoms with Gasteiger partial charge in [-0.3, -0.25) is 4.79 Å². The van der Waals surface area contributed by atoms with E-state index >= 15 is 4.39 Å². The highest BCUT2D eigenvalue weighted by atomic mass is 19.1. The number of para-hydroxylation sites is 1. The van der Waals surface area contributed by atoms with E-state index in [1.54, 1.807) is 32.5 Å². The molecule has 0 radical (unpaired) electrons. The van der Waals surface area contributed by atoms with Crippen LogP contribution in [-0.4, -0.2) is 69.9 Å². The quantitative estimate of drug-likeness (QED) is 0.180. The molecule has 1 amide bonds. The molecule has 1 aliphatic rings. The highest BCUT2D eigenvalue weighted by molar-refractivity contribution is 5.86. The zero-order valence-corrected chi connectivity index (χ0v) is 26.1. The number of carbonyl (C=O) groups is 1. The number of hydrogen-bond acceptors (Lipinski definition) is 6. The molecule has 3 heterocycles. The Labute approximate surface area is 259 Å². The van der Waals surface area contributed by atoms with Gasteiger partial charge in [0, 0.05) is 81.3 Å². The molecule has 4 aromatic rings. The molecule has 2 atom stereocenters. The number of halogens is 1. The summed E-state index contributed by atoms with van der Waals surface area (Å²) in [6.45, 7) is 6.96. The Bertz CT molecular complexity index is 1540. The van der Waals surface area contributed by atoms with Crippen molar-refractivity contribution in [1.29, 1.82) is 0 Å². The third kappa shape index (κ3) is 7.45. The van der Waals surface area contributed by atoms with Crippen LogP contribution < -0.4 is 5.32 Å². The van der Waals surface area contributed by atoms with E-state index in [2.05, 4.69) is 51.0 Å². The van der Waals surface area contributed by atoms with Gasteiger partial charge in [0.1, 0.15) is 5.82 Å². The summed E-state index contributed by atoms with van der Waals surface area (Å²) in [6, 6.07) is 13.6. The molecular weight excluding hydrogens is 557 g/mol. The van der Waals surface area contributed by atoms with Crippen molar-refractivity contribution >= 4 is 22.8 Å². The van der Waals surface area contributed by atoms with Crippen molar-refractivity contribution < 1.29 is 19.0 Å². The van der Waals surface area contributed by atoms with E-state index in [1.165, 1.54) is 11.6 Å². The number of methoxy groups -OCH3 is 1. The van der Waals surface area contributed by atoms with Gasteiger partial charge in [0.2, 0.25) is 11.9 Å². The predicted octanol–water partition coefficient (Wildman–Crippen LogP) is 6.10. The second kappa shape index (κ2) is 14.8. The number of carbonyl (C=O) groups excluding carboxylic acids is 1. The molecule has 0 saturated carbocycles. The summed E-state index contributed by atoms with van der Waals surface area (Å²) in [5, 5.41) is 13.4. The fourth-order valence-corrected chi connectivity index (χ4v) is 6.38. The number of piperidine rings is 1. The molecule has 5 rings (SSSR count). The van der Waals surface area contributed by atoms with Gasteiger partial charge in [-0.15, -0.1) is 0 Å². The minimum absolute atomic E-state index is 0.182. The molecule has 2 unspecified atom stereocenters. The Balaban J connectivity index is 1.18. The minimum Gasteiger partial charge on any atom is -0.392 e. The number of aryl methyl sites for hydroxylation is 3. The standard InChI is InChI=1S/C35H44FN5O3/c1-24(42)20-37-35-38-21-29(22-39-35)27-15-13-26(14-16-27)8-4-12-32(43)40-17-6-9-28(23-40)33-25(2)30-10-5-11-31(36)34(30)41(33)18-7-19-44-3/h5,10-11,13-16,21-22,24,28,42H,4,6-9,12,17-20,23H2,1-3H3,(H,37,38,39). The van der Waals surface area contributed by atoms with Crippen LogP contribution in [-0.2, 0) is 22.5 Å². The number of nitrogens with one attached hydrogen (secondary N) is 1. The monoisotopic (exact) mass is 601 g/mol. The van der Waals surface area contributed by atoms with E-state index in [0.29, 0.717) is 44.1 Å². The molecule has 0 spiro atoms.